The third-order valence-corrected chi connectivity index (χ3v) is 5.34. The summed E-state index contributed by atoms with van der Waals surface area (Å²) in [6.45, 7) is 4.63. The van der Waals surface area contributed by atoms with Gasteiger partial charge in [-0.05, 0) is 48.6 Å². The smallest absolute Gasteiger partial charge is 0.317 e. The Kier molecular flexibility index (Phi) is 5.76. The summed E-state index contributed by atoms with van der Waals surface area (Å²) >= 11 is 0. The maximum Gasteiger partial charge on any atom is 0.317 e. The maximum atomic E-state index is 12.5. The molecule has 6 heteroatoms. The van der Waals surface area contributed by atoms with Crippen LogP contribution in [0.5, 0.6) is 5.75 Å². The molecule has 0 bridgehead atoms. The van der Waals surface area contributed by atoms with Crippen molar-refractivity contribution >= 4 is 6.03 Å². The zero-order valence-electron chi connectivity index (χ0n) is 16.3. The molecule has 1 saturated heterocycles. The Morgan fingerprint density at radius 3 is 2.93 bits per heavy atom. The number of ether oxygens (including phenoxy) is 2. The molecule has 2 aliphatic heterocycles. The van der Waals surface area contributed by atoms with Crippen molar-refractivity contribution in [1.29, 1.82) is 0 Å². The highest BCUT2D eigenvalue weighted by atomic mass is 16.5. The van der Waals surface area contributed by atoms with Gasteiger partial charge >= 0.3 is 6.03 Å². The highest BCUT2D eigenvalue weighted by Gasteiger charge is 2.23. The number of aromatic nitrogens is 1. The van der Waals surface area contributed by atoms with Crippen LogP contribution in [0.4, 0.5) is 4.79 Å². The van der Waals surface area contributed by atoms with E-state index in [9.17, 15) is 4.79 Å². The van der Waals surface area contributed by atoms with E-state index in [1.807, 2.05) is 35.4 Å². The second-order valence-electron chi connectivity index (χ2n) is 7.59. The van der Waals surface area contributed by atoms with Gasteiger partial charge in [0, 0.05) is 38.4 Å². The van der Waals surface area contributed by atoms with E-state index in [4.69, 9.17) is 9.47 Å². The second kappa shape index (κ2) is 8.61. The van der Waals surface area contributed by atoms with Gasteiger partial charge in [0.2, 0.25) is 0 Å². The molecule has 4 rings (SSSR count). The van der Waals surface area contributed by atoms with Gasteiger partial charge in [0.25, 0.3) is 0 Å². The Bertz CT molecular complexity index is 804. The molecule has 1 fully saturated rings. The maximum absolute atomic E-state index is 12.5. The van der Waals surface area contributed by atoms with Crippen molar-refractivity contribution in [3.63, 3.8) is 0 Å². The first-order chi connectivity index (χ1) is 13.7. The molecule has 0 saturated carbocycles. The fourth-order valence-corrected chi connectivity index (χ4v) is 3.80. The average Bonchev–Trinajstić information content (AvgIpc) is 3.11. The van der Waals surface area contributed by atoms with Crippen LogP contribution in [0.2, 0.25) is 0 Å². The van der Waals surface area contributed by atoms with Crippen molar-refractivity contribution in [3.05, 3.63) is 59.4 Å². The number of urea groups is 1. The summed E-state index contributed by atoms with van der Waals surface area (Å²) in [5.74, 6) is 0.968. The number of carbonyl (C=O) groups excluding carboxylic acids is 1. The molecule has 1 atom stereocenters. The van der Waals surface area contributed by atoms with Gasteiger partial charge in [-0.3, -0.25) is 4.98 Å². The van der Waals surface area contributed by atoms with E-state index in [-0.39, 0.29) is 18.2 Å². The van der Waals surface area contributed by atoms with Gasteiger partial charge < -0.3 is 19.7 Å². The van der Waals surface area contributed by atoms with E-state index >= 15 is 0 Å². The standard InChI is InChI=1S/C22H27N3O3/c1-16-11-19-12-17(4-5-21(19)28-16)14-24-22(26)25-9-6-20(7-10-25)27-15-18-3-2-8-23-13-18/h2-5,8,12-13,16,20H,6-7,9-11,14-15H2,1H3,(H,24,26)/t16-/m0/s1. The Balaban J connectivity index is 1.20. The predicted octanol–water partition coefficient (Wildman–Crippen LogP) is 3.30. The number of fused-ring (bicyclic) bond motifs is 1. The molecular weight excluding hydrogens is 354 g/mol. The fourth-order valence-electron chi connectivity index (χ4n) is 3.80. The number of amides is 2. The van der Waals surface area contributed by atoms with Gasteiger partial charge in [-0.2, -0.15) is 0 Å². The predicted molar refractivity (Wildman–Crippen MR) is 106 cm³/mol. The first-order valence-corrected chi connectivity index (χ1v) is 9.99. The number of nitrogens with one attached hydrogen (secondary N) is 1. The molecule has 2 aliphatic rings. The van der Waals surface area contributed by atoms with E-state index in [0.717, 1.165) is 49.2 Å². The zero-order valence-corrected chi connectivity index (χ0v) is 16.3. The highest BCUT2D eigenvalue weighted by Crippen LogP contribution is 2.29. The molecule has 0 spiro atoms. The lowest BCUT2D eigenvalue weighted by Crippen LogP contribution is -2.45. The summed E-state index contributed by atoms with van der Waals surface area (Å²) in [4.78, 5) is 18.5. The Morgan fingerprint density at radius 2 is 2.14 bits per heavy atom. The van der Waals surface area contributed by atoms with Crippen LogP contribution in [0.25, 0.3) is 0 Å². The second-order valence-corrected chi connectivity index (χ2v) is 7.59. The van der Waals surface area contributed by atoms with Crippen LogP contribution < -0.4 is 10.1 Å². The molecule has 3 heterocycles. The largest absolute Gasteiger partial charge is 0.490 e. The molecule has 1 aromatic heterocycles. The molecule has 0 radical (unpaired) electrons. The lowest BCUT2D eigenvalue weighted by molar-refractivity contribution is 0.00434. The number of nitrogens with zero attached hydrogens (tertiary/aromatic N) is 2. The van der Waals surface area contributed by atoms with Crippen LogP contribution in [0, 0.1) is 0 Å². The van der Waals surface area contributed by atoms with Gasteiger partial charge in [-0.15, -0.1) is 0 Å². The minimum absolute atomic E-state index is 0.00386. The lowest BCUT2D eigenvalue weighted by Gasteiger charge is -2.32. The number of benzene rings is 1. The van der Waals surface area contributed by atoms with E-state index in [0.29, 0.717) is 13.2 Å². The first-order valence-electron chi connectivity index (χ1n) is 9.99. The summed E-state index contributed by atoms with van der Waals surface area (Å²) in [5.41, 5.74) is 3.42. The number of hydrogen-bond acceptors (Lipinski definition) is 4. The van der Waals surface area contributed by atoms with Crippen LogP contribution in [0.3, 0.4) is 0 Å². The third-order valence-electron chi connectivity index (χ3n) is 5.34. The van der Waals surface area contributed by atoms with E-state index in [1.165, 1.54) is 5.56 Å². The average molecular weight is 381 g/mol. The summed E-state index contributed by atoms with van der Waals surface area (Å²) in [7, 11) is 0. The molecule has 2 aromatic rings. The molecule has 148 valence electrons. The van der Waals surface area contributed by atoms with Crippen molar-refractivity contribution in [2.24, 2.45) is 0 Å². The van der Waals surface area contributed by atoms with Crippen LogP contribution in [-0.2, 0) is 24.3 Å². The highest BCUT2D eigenvalue weighted by molar-refractivity contribution is 5.74. The van der Waals surface area contributed by atoms with Gasteiger partial charge in [0.15, 0.2) is 0 Å². The van der Waals surface area contributed by atoms with Crippen molar-refractivity contribution in [2.75, 3.05) is 13.1 Å². The molecule has 0 unspecified atom stereocenters. The normalized spacial score (nSPS) is 19.2. The SMILES string of the molecule is C[C@H]1Cc2cc(CNC(=O)N3CCC(OCc4cccnc4)CC3)ccc2O1. The molecule has 1 aromatic carbocycles. The van der Waals surface area contributed by atoms with Crippen molar-refractivity contribution in [2.45, 2.75) is 51.5 Å². The summed E-state index contributed by atoms with van der Waals surface area (Å²) in [6, 6.07) is 10.1. The quantitative estimate of drug-likeness (QED) is 0.863. The van der Waals surface area contributed by atoms with Crippen molar-refractivity contribution in [1.82, 2.24) is 15.2 Å². The summed E-state index contributed by atoms with van der Waals surface area (Å²) < 4.78 is 11.7. The number of likely N-dealkylation sites (tertiary alicyclic amines) is 1. The van der Waals surface area contributed by atoms with Gasteiger partial charge in [0.1, 0.15) is 11.9 Å². The number of hydrogen-bond donors (Lipinski definition) is 1. The third kappa shape index (κ3) is 4.62. The van der Waals surface area contributed by atoms with E-state index in [2.05, 4.69) is 23.3 Å². The number of carbonyl (C=O) groups is 1. The minimum Gasteiger partial charge on any atom is -0.490 e. The van der Waals surface area contributed by atoms with Gasteiger partial charge in [-0.25, -0.2) is 4.79 Å². The summed E-state index contributed by atoms with van der Waals surface area (Å²) in [6.07, 6.45) is 6.68. The molecule has 2 amide bonds. The van der Waals surface area contributed by atoms with Crippen molar-refractivity contribution < 1.29 is 14.3 Å². The Hall–Kier alpha value is -2.60. The minimum atomic E-state index is -0.00386. The molecule has 6 nitrogen and oxygen atoms in total. The first kappa shape index (κ1) is 18.7. The zero-order chi connectivity index (χ0) is 19.3. The van der Waals surface area contributed by atoms with Crippen molar-refractivity contribution in [3.8, 4) is 5.75 Å². The monoisotopic (exact) mass is 381 g/mol. The number of rotatable bonds is 5. The summed E-state index contributed by atoms with van der Waals surface area (Å²) in [5, 5.41) is 3.04. The Labute approximate surface area is 165 Å². The van der Waals surface area contributed by atoms with E-state index < -0.39 is 0 Å². The number of piperidine rings is 1. The van der Waals surface area contributed by atoms with Gasteiger partial charge in [0.05, 0.1) is 12.7 Å². The molecule has 28 heavy (non-hydrogen) atoms. The van der Waals surface area contributed by atoms with Crippen LogP contribution in [0.1, 0.15) is 36.5 Å². The van der Waals surface area contributed by atoms with Crippen LogP contribution in [-0.4, -0.2) is 41.2 Å². The molecule has 1 N–H and O–H groups in total. The number of pyridine rings is 1. The lowest BCUT2D eigenvalue weighted by atomic mass is 10.1. The molecule has 0 aliphatic carbocycles. The van der Waals surface area contributed by atoms with Gasteiger partial charge in [-0.1, -0.05) is 18.2 Å². The van der Waals surface area contributed by atoms with Crippen LogP contribution in [0.15, 0.2) is 42.7 Å². The fraction of sp³-hybridized carbons (Fsp3) is 0.455. The van der Waals surface area contributed by atoms with E-state index in [1.54, 1.807) is 6.20 Å². The Morgan fingerprint density at radius 1 is 1.29 bits per heavy atom. The van der Waals surface area contributed by atoms with Crippen LogP contribution >= 0.6 is 0 Å². The topological polar surface area (TPSA) is 63.7 Å². The molecular formula is C22H27N3O3.